The van der Waals surface area contributed by atoms with Crippen molar-refractivity contribution in [3.63, 3.8) is 0 Å². The lowest BCUT2D eigenvalue weighted by molar-refractivity contribution is -0.389. The van der Waals surface area contributed by atoms with Crippen molar-refractivity contribution >= 4 is 23.2 Å². The summed E-state index contributed by atoms with van der Waals surface area (Å²) in [5, 5.41) is -5.70. The van der Waals surface area contributed by atoms with Crippen LogP contribution in [0, 0.1) is 0 Å². The molecule has 0 rings (SSSR count). The van der Waals surface area contributed by atoms with Gasteiger partial charge in [-0.25, -0.2) is 0 Å². The number of rotatable bonds is 3. The molecule has 0 radical (unpaired) electrons. The van der Waals surface area contributed by atoms with Crippen molar-refractivity contribution in [2.75, 3.05) is 0 Å². The Balaban J connectivity index is 5.88. The van der Waals surface area contributed by atoms with Gasteiger partial charge in [0.25, 0.3) is 0 Å². The fourth-order valence-corrected chi connectivity index (χ4v) is 0.869. The molecule has 0 aromatic carbocycles. The van der Waals surface area contributed by atoms with Crippen molar-refractivity contribution in [2.24, 2.45) is 0 Å². The Labute approximate surface area is 102 Å². The molecule has 0 aromatic rings. The van der Waals surface area contributed by atoms with E-state index in [9.17, 15) is 43.9 Å². The van der Waals surface area contributed by atoms with Crippen LogP contribution in [0.1, 0.15) is 0 Å². The first-order valence-corrected chi connectivity index (χ1v) is 4.27. The average molecular weight is 333 g/mol. The zero-order chi connectivity index (χ0) is 15.2. The molecule has 0 unspecified atom stereocenters. The third kappa shape index (κ3) is 2.49. The lowest BCUT2D eigenvalue weighted by Crippen LogP contribution is -2.61. The monoisotopic (exact) mass is 332 g/mol. The predicted molar refractivity (Wildman–Crippen MR) is 40.7 cm³/mol. The SMILES string of the molecule is F/C(Cl)=C(/Cl)C(F)(F)C(F)(F)C(F)(F)C(F)(F)F. The van der Waals surface area contributed by atoms with Gasteiger partial charge in [0.15, 0.2) is 0 Å². The Bertz CT molecular complexity index is 350. The van der Waals surface area contributed by atoms with Crippen LogP contribution >= 0.6 is 23.2 Å². The van der Waals surface area contributed by atoms with Gasteiger partial charge in [0, 0.05) is 0 Å². The minimum absolute atomic E-state index is 2.74. The van der Waals surface area contributed by atoms with Crippen LogP contribution < -0.4 is 0 Å². The van der Waals surface area contributed by atoms with Crippen molar-refractivity contribution in [2.45, 2.75) is 23.9 Å². The van der Waals surface area contributed by atoms with E-state index in [1.54, 1.807) is 0 Å². The summed E-state index contributed by atoms with van der Waals surface area (Å²) in [5.74, 6) is -20.5. The maximum atomic E-state index is 12.6. The van der Waals surface area contributed by atoms with Crippen LogP contribution in [0.3, 0.4) is 0 Å². The van der Waals surface area contributed by atoms with Gasteiger partial charge in [-0.3, -0.25) is 0 Å². The van der Waals surface area contributed by atoms with E-state index in [2.05, 4.69) is 23.2 Å². The van der Waals surface area contributed by atoms with Gasteiger partial charge in [-0.1, -0.05) is 11.6 Å². The minimum Gasteiger partial charge on any atom is -0.193 e. The lowest BCUT2D eigenvalue weighted by atomic mass is 10.0. The van der Waals surface area contributed by atoms with Crippen molar-refractivity contribution in [3.05, 3.63) is 10.3 Å². The first kappa shape index (κ1) is 17.6. The molecule has 0 atom stereocenters. The number of allylic oxidation sites excluding steroid dienone is 1. The molecule has 18 heavy (non-hydrogen) atoms. The summed E-state index contributed by atoms with van der Waals surface area (Å²) >= 11 is 8.31. The molecule has 0 spiro atoms. The molecule has 0 nitrogen and oxygen atoms in total. The highest BCUT2D eigenvalue weighted by Gasteiger charge is 2.82. The van der Waals surface area contributed by atoms with Gasteiger partial charge in [-0.05, 0) is 11.6 Å². The summed E-state index contributed by atoms with van der Waals surface area (Å²) in [6.45, 7) is 0. The molecule has 0 heterocycles. The van der Waals surface area contributed by atoms with E-state index < -0.39 is 34.3 Å². The lowest BCUT2D eigenvalue weighted by Gasteiger charge is -2.33. The van der Waals surface area contributed by atoms with Gasteiger partial charge in [0.05, 0.1) is 0 Å². The Kier molecular flexibility index (Phi) is 4.52. The van der Waals surface area contributed by atoms with E-state index in [4.69, 9.17) is 0 Å². The molecule has 0 aliphatic carbocycles. The molecule has 0 bridgehead atoms. The van der Waals surface area contributed by atoms with Gasteiger partial charge in [-0.2, -0.15) is 43.9 Å². The molecule has 0 aliphatic heterocycles. The quantitative estimate of drug-likeness (QED) is 0.633. The minimum atomic E-state index is -7.14. The van der Waals surface area contributed by atoms with Crippen molar-refractivity contribution in [1.29, 1.82) is 0 Å². The van der Waals surface area contributed by atoms with Crippen LogP contribution in [0.4, 0.5) is 43.9 Å². The summed E-state index contributed by atoms with van der Waals surface area (Å²) in [6, 6.07) is 0. The van der Waals surface area contributed by atoms with E-state index in [1.807, 2.05) is 0 Å². The fourth-order valence-electron chi connectivity index (χ4n) is 0.632. The van der Waals surface area contributed by atoms with Gasteiger partial charge < -0.3 is 0 Å². The van der Waals surface area contributed by atoms with Gasteiger partial charge in [-0.15, -0.1) is 0 Å². The normalized spacial score (nSPS) is 16.7. The van der Waals surface area contributed by atoms with Gasteiger partial charge in [0.1, 0.15) is 5.03 Å². The maximum absolute atomic E-state index is 12.6. The number of alkyl halides is 9. The van der Waals surface area contributed by atoms with Crippen LogP contribution in [0.5, 0.6) is 0 Å². The third-order valence-corrected chi connectivity index (χ3v) is 2.28. The number of hydrogen-bond donors (Lipinski definition) is 0. The van der Waals surface area contributed by atoms with E-state index in [-0.39, 0.29) is 0 Å². The van der Waals surface area contributed by atoms with Crippen molar-refractivity contribution in [1.82, 2.24) is 0 Å². The summed E-state index contributed by atoms with van der Waals surface area (Å²) in [4.78, 5) is 0. The largest absolute Gasteiger partial charge is 0.460 e. The highest BCUT2D eigenvalue weighted by molar-refractivity contribution is 6.38. The molecule has 0 amide bonds. The maximum Gasteiger partial charge on any atom is 0.460 e. The second-order valence-corrected chi connectivity index (χ2v) is 3.51. The molecule has 0 aromatic heterocycles. The molecule has 0 fully saturated rings. The fraction of sp³-hybridized carbons (Fsp3) is 0.667. The zero-order valence-electron chi connectivity index (χ0n) is 7.54. The molecule has 0 saturated heterocycles. The topological polar surface area (TPSA) is 0 Å². The average Bonchev–Trinajstić information content (AvgIpc) is 2.13. The van der Waals surface area contributed by atoms with Crippen LogP contribution in [-0.4, -0.2) is 23.9 Å². The summed E-state index contributed by atoms with van der Waals surface area (Å²) < 4.78 is 121. The van der Waals surface area contributed by atoms with Gasteiger partial charge >= 0.3 is 23.9 Å². The second kappa shape index (κ2) is 4.62. The standard InChI is InChI=1S/C6Cl2F10/c7-1(2(8)9)3(10,11)4(12,13)5(14,15)6(16,17)18/b2-1+. The first-order valence-electron chi connectivity index (χ1n) is 3.52. The molecular weight excluding hydrogens is 333 g/mol. The molecule has 12 heteroatoms. The van der Waals surface area contributed by atoms with E-state index in [1.165, 1.54) is 0 Å². The van der Waals surface area contributed by atoms with Crippen LogP contribution in [-0.2, 0) is 0 Å². The zero-order valence-corrected chi connectivity index (χ0v) is 9.05. The summed E-state index contributed by atoms with van der Waals surface area (Å²) in [5.41, 5.74) is 0. The highest BCUT2D eigenvalue weighted by atomic mass is 35.5. The Morgan fingerprint density at radius 2 is 1.00 bits per heavy atom. The number of hydrogen-bond acceptors (Lipinski definition) is 0. The molecule has 0 N–H and O–H groups in total. The smallest absolute Gasteiger partial charge is 0.193 e. The molecule has 108 valence electrons. The van der Waals surface area contributed by atoms with Crippen molar-refractivity contribution in [3.8, 4) is 0 Å². The van der Waals surface area contributed by atoms with Crippen LogP contribution in [0.25, 0.3) is 0 Å². The number of halogens is 12. The summed E-state index contributed by atoms with van der Waals surface area (Å²) in [6.07, 6.45) is -7.00. The molecular formula is C6Cl2F10. The van der Waals surface area contributed by atoms with Crippen LogP contribution in [0.2, 0.25) is 0 Å². The summed E-state index contributed by atoms with van der Waals surface area (Å²) in [7, 11) is 0. The van der Waals surface area contributed by atoms with E-state index in [0.717, 1.165) is 0 Å². The van der Waals surface area contributed by atoms with Gasteiger partial charge in [0.2, 0.25) is 5.29 Å². The Morgan fingerprint density at radius 3 is 1.22 bits per heavy atom. The Morgan fingerprint density at radius 1 is 0.667 bits per heavy atom. The van der Waals surface area contributed by atoms with Crippen molar-refractivity contribution < 1.29 is 43.9 Å². The predicted octanol–water partition coefficient (Wildman–Crippen LogP) is 5.07. The van der Waals surface area contributed by atoms with Crippen LogP contribution in [0.15, 0.2) is 10.3 Å². The third-order valence-electron chi connectivity index (χ3n) is 1.59. The highest BCUT2D eigenvalue weighted by Crippen LogP contribution is 2.56. The Hall–Kier alpha value is -0.380. The molecule has 0 aliphatic rings. The first-order chi connectivity index (χ1) is 7.60. The molecule has 0 saturated carbocycles. The second-order valence-electron chi connectivity index (χ2n) is 2.80. The van der Waals surface area contributed by atoms with E-state index in [0.29, 0.717) is 0 Å². The van der Waals surface area contributed by atoms with E-state index >= 15 is 0 Å².